The molecule has 2 heterocycles. The Morgan fingerprint density at radius 2 is 1.73 bits per heavy atom. The first-order valence-electron chi connectivity index (χ1n) is 11.2. The summed E-state index contributed by atoms with van der Waals surface area (Å²) in [7, 11) is 0. The van der Waals surface area contributed by atoms with Gasteiger partial charge >= 0.3 is 5.97 Å². The number of aromatic nitrogens is 3. The molecule has 7 heteroatoms. The first-order chi connectivity index (χ1) is 16.1. The Kier molecular flexibility index (Phi) is 7.40. The van der Waals surface area contributed by atoms with Crippen molar-refractivity contribution in [2.45, 2.75) is 45.2 Å². The van der Waals surface area contributed by atoms with Crippen molar-refractivity contribution in [1.82, 2.24) is 14.5 Å². The number of anilines is 1. The van der Waals surface area contributed by atoms with Crippen molar-refractivity contribution in [3.8, 4) is 0 Å². The molecular formula is C26H27BrN4O2. The largest absolute Gasteiger partial charge is 0.480 e. The van der Waals surface area contributed by atoms with Crippen LogP contribution in [0.15, 0.2) is 71.5 Å². The van der Waals surface area contributed by atoms with Gasteiger partial charge in [-0.1, -0.05) is 67.6 Å². The molecule has 0 unspecified atom stereocenters. The normalized spacial score (nSPS) is 12.1. The Bertz CT molecular complexity index is 1230. The maximum atomic E-state index is 12.0. The van der Waals surface area contributed by atoms with E-state index in [4.69, 9.17) is 0 Å². The summed E-state index contributed by atoms with van der Waals surface area (Å²) in [6, 6.07) is 19.3. The first-order valence-corrected chi connectivity index (χ1v) is 12.0. The molecule has 1 atom stereocenters. The number of carboxylic acid groups (broad SMARTS) is 1. The summed E-state index contributed by atoms with van der Waals surface area (Å²) < 4.78 is 3.15. The number of carboxylic acids is 1. The number of hydrogen-bond acceptors (Lipinski definition) is 4. The van der Waals surface area contributed by atoms with Gasteiger partial charge in [0.1, 0.15) is 23.8 Å². The number of aliphatic carboxylic acids is 1. The fourth-order valence-corrected chi connectivity index (χ4v) is 5.03. The van der Waals surface area contributed by atoms with Gasteiger partial charge in [0, 0.05) is 18.7 Å². The first kappa shape index (κ1) is 23.0. The zero-order chi connectivity index (χ0) is 23.2. The van der Waals surface area contributed by atoms with E-state index < -0.39 is 12.0 Å². The van der Waals surface area contributed by atoms with Crippen molar-refractivity contribution in [3.63, 3.8) is 0 Å². The summed E-state index contributed by atoms with van der Waals surface area (Å²) >= 11 is 3.76. The Morgan fingerprint density at radius 3 is 2.36 bits per heavy atom. The minimum absolute atomic E-state index is 0.359. The molecule has 2 N–H and O–H groups in total. The van der Waals surface area contributed by atoms with Crippen LogP contribution < -0.4 is 5.32 Å². The molecule has 170 valence electrons. The summed E-state index contributed by atoms with van der Waals surface area (Å²) in [4.78, 5) is 21.0. The molecular weight excluding hydrogens is 480 g/mol. The van der Waals surface area contributed by atoms with Gasteiger partial charge in [0.25, 0.3) is 0 Å². The number of nitrogens with zero attached hydrogens (tertiary/aromatic N) is 3. The topological polar surface area (TPSA) is 80.0 Å². The number of nitrogens with one attached hydrogen (secondary N) is 1. The molecule has 6 nitrogen and oxygen atoms in total. The monoisotopic (exact) mass is 506 g/mol. The van der Waals surface area contributed by atoms with Gasteiger partial charge in [-0.2, -0.15) is 0 Å². The second kappa shape index (κ2) is 10.6. The summed E-state index contributed by atoms with van der Waals surface area (Å²) in [5.41, 5.74) is 4.22. The van der Waals surface area contributed by atoms with E-state index in [1.165, 1.54) is 11.9 Å². The third-order valence-electron chi connectivity index (χ3n) is 5.80. The summed E-state index contributed by atoms with van der Waals surface area (Å²) in [5, 5.41) is 13.8. The molecule has 0 aliphatic heterocycles. The summed E-state index contributed by atoms with van der Waals surface area (Å²) in [5.74, 6) is -0.383. The van der Waals surface area contributed by atoms with Crippen LogP contribution in [0.4, 0.5) is 5.82 Å². The SMILES string of the molecule is CCc1c(Br)c2c(N[C@H](Cc3ccccc3)C(=O)O)ncnc2n1CCCc1ccccc1. The predicted molar refractivity (Wildman–Crippen MR) is 135 cm³/mol. The summed E-state index contributed by atoms with van der Waals surface area (Å²) in [6.07, 6.45) is 4.65. The van der Waals surface area contributed by atoms with Crippen LogP contribution in [0.5, 0.6) is 0 Å². The van der Waals surface area contributed by atoms with Gasteiger partial charge in [-0.25, -0.2) is 14.8 Å². The molecule has 0 fully saturated rings. The average molecular weight is 507 g/mol. The lowest BCUT2D eigenvalue weighted by Crippen LogP contribution is -2.32. The van der Waals surface area contributed by atoms with E-state index in [1.54, 1.807) is 0 Å². The van der Waals surface area contributed by atoms with E-state index in [-0.39, 0.29) is 0 Å². The second-order valence-corrected chi connectivity index (χ2v) is 8.79. The van der Waals surface area contributed by atoms with Gasteiger partial charge in [0.05, 0.1) is 9.86 Å². The Hall–Kier alpha value is -3.19. The molecule has 2 aromatic heterocycles. The van der Waals surface area contributed by atoms with Gasteiger partial charge in [0.15, 0.2) is 0 Å². The van der Waals surface area contributed by atoms with Crippen molar-refractivity contribution >= 4 is 38.8 Å². The van der Waals surface area contributed by atoms with Gasteiger partial charge in [0.2, 0.25) is 0 Å². The second-order valence-electron chi connectivity index (χ2n) is 8.00. The minimum Gasteiger partial charge on any atom is -0.480 e. The van der Waals surface area contributed by atoms with Crippen LogP contribution in [0.2, 0.25) is 0 Å². The Morgan fingerprint density at radius 1 is 1.06 bits per heavy atom. The van der Waals surface area contributed by atoms with E-state index in [2.05, 4.69) is 67.0 Å². The van der Waals surface area contributed by atoms with E-state index in [0.29, 0.717) is 12.2 Å². The van der Waals surface area contributed by atoms with E-state index >= 15 is 0 Å². The van der Waals surface area contributed by atoms with E-state index in [1.807, 2.05) is 36.4 Å². The lowest BCUT2D eigenvalue weighted by molar-refractivity contribution is -0.137. The zero-order valence-electron chi connectivity index (χ0n) is 18.5. The highest BCUT2D eigenvalue weighted by Gasteiger charge is 2.23. The molecule has 0 radical (unpaired) electrons. The van der Waals surface area contributed by atoms with Crippen molar-refractivity contribution in [1.29, 1.82) is 0 Å². The average Bonchev–Trinajstić information content (AvgIpc) is 3.11. The molecule has 0 aliphatic rings. The van der Waals surface area contributed by atoms with Crippen LogP contribution in [0.25, 0.3) is 11.0 Å². The fraction of sp³-hybridized carbons (Fsp3) is 0.269. The van der Waals surface area contributed by atoms with Gasteiger partial charge in [-0.15, -0.1) is 0 Å². The summed E-state index contributed by atoms with van der Waals surface area (Å²) in [6.45, 7) is 2.94. The highest BCUT2D eigenvalue weighted by Crippen LogP contribution is 2.35. The number of hydrogen-bond donors (Lipinski definition) is 2. The third-order valence-corrected chi connectivity index (χ3v) is 6.65. The highest BCUT2D eigenvalue weighted by atomic mass is 79.9. The van der Waals surface area contributed by atoms with Gasteiger partial charge in [-0.05, 0) is 46.3 Å². The third kappa shape index (κ3) is 5.25. The lowest BCUT2D eigenvalue weighted by Gasteiger charge is -2.16. The predicted octanol–water partition coefficient (Wildman–Crippen LogP) is 5.50. The Labute approximate surface area is 201 Å². The van der Waals surface area contributed by atoms with Crippen molar-refractivity contribution in [3.05, 3.63) is 88.3 Å². The number of carbonyl (C=O) groups is 1. The van der Waals surface area contributed by atoms with Gasteiger partial charge in [-0.3, -0.25) is 0 Å². The number of fused-ring (bicyclic) bond motifs is 1. The van der Waals surface area contributed by atoms with Crippen LogP contribution in [0, 0.1) is 0 Å². The maximum Gasteiger partial charge on any atom is 0.326 e. The molecule has 4 aromatic rings. The van der Waals surface area contributed by atoms with Crippen LogP contribution in [0.3, 0.4) is 0 Å². The quantitative estimate of drug-likeness (QED) is 0.297. The molecule has 0 bridgehead atoms. The molecule has 0 saturated carbocycles. The zero-order valence-corrected chi connectivity index (χ0v) is 20.1. The molecule has 0 aliphatic carbocycles. The maximum absolute atomic E-state index is 12.0. The van der Waals surface area contributed by atoms with E-state index in [0.717, 1.165) is 52.6 Å². The number of benzene rings is 2. The standard InChI is InChI=1S/C26H27BrN4O2/c1-2-21-23(27)22-24(30-20(26(32)33)16-19-12-7-4-8-13-19)28-17-29-25(22)31(21)15-9-14-18-10-5-3-6-11-18/h3-8,10-13,17,20H,2,9,14-16H2,1H3,(H,32,33)(H,28,29,30)/t20-/m1/s1. The molecule has 33 heavy (non-hydrogen) atoms. The van der Waals surface area contributed by atoms with Crippen molar-refractivity contribution in [2.75, 3.05) is 5.32 Å². The number of rotatable bonds is 10. The van der Waals surface area contributed by atoms with Crippen LogP contribution in [0.1, 0.15) is 30.2 Å². The number of aryl methyl sites for hydroxylation is 2. The van der Waals surface area contributed by atoms with Crippen LogP contribution in [-0.4, -0.2) is 31.7 Å². The molecule has 2 aromatic carbocycles. The lowest BCUT2D eigenvalue weighted by atomic mass is 10.1. The van der Waals surface area contributed by atoms with E-state index in [9.17, 15) is 9.90 Å². The smallest absolute Gasteiger partial charge is 0.326 e. The molecule has 4 rings (SSSR count). The fourth-order valence-electron chi connectivity index (χ4n) is 4.17. The molecule has 0 amide bonds. The molecule has 0 spiro atoms. The minimum atomic E-state index is -0.917. The van der Waals surface area contributed by atoms with Crippen molar-refractivity contribution in [2.24, 2.45) is 0 Å². The highest BCUT2D eigenvalue weighted by molar-refractivity contribution is 9.10. The van der Waals surface area contributed by atoms with Gasteiger partial charge < -0.3 is 15.0 Å². The molecule has 0 saturated heterocycles. The Balaban J connectivity index is 1.62. The van der Waals surface area contributed by atoms with Crippen LogP contribution >= 0.6 is 15.9 Å². The van der Waals surface area contributed by atoms with Crippen LogP contribution in [-0.2, 0) is 30.6 Å². The number of halogens is 1. The van der Waals surface area contributed by atoms with Crippen molar-refractivity contribution < 1.29 is 9.90 Å².